The van der Waals surface area contributed by atoms with Crippen LogP contribution in [0.3, 0.4) is 0 Å². The van der Waals surface area contributed by atoms with Gasteiger partial charge in [0.05, 0.1) is 6.20 Å². The van der Waals surface area contributed by atoms with Gasteiger partial charge in [0.15, 0.2) is 5.82 Å². The topological polar surface area (TPSA) is 66.0 Å². The molecular formula is C19H21ClN6. The summed E-state index contributed by atoms with van der Waals surface area (Å²) in [5.74, 6) is 1.13. The van der Waals surface area contributed by atoms with E-state index in [9.17, 15) is 0 Å². The molecule has 0 saturated carbocycles. The van der Waals surface area contributed by atoms with Crippen LogP contribution in [-0.2, 0) is 6.42 Å². The quantitative estimate of drug-likeness (QED) is 0.657. The van der Waals surface area contributed by atoms with Gasteiger partial charge in [-0.1, -0.05) is 23.7 Å². The lowest BCUT2D eigenvalue weighted by atomic mass is 10.1. The number of benzene rings is 2. The summed E-state index contributed by atoms with van der Waals surface area (Å²) in [5, 5.41) is 15.2. The van der Waals surface area contributed by atoms with Gasteiger partial charge >= 0.3 is 0 Å². The Hall–Kier alpha value is -2.86. The molecule has 0 fully saturated rings. The Bertz CT molecular complexity index is 851. The van der Waals surface area contributed by atoms with Crippen LogP contribution in [0.4, 0.5) is 23.1 Å². The summed E-state index contributed by atoms with van der Waals surface area (Å²) in [6.07, 6.45) is 2.43. The predicted molar refractivity (Wildman–Crippen MR) is 108 cm³/mol. The van der Waals surface area contributed by atoms with Crippen LogP contribution in [0.1, 0.15) is 5.56 Å². The summed E-state index contributed by atoms with van der Waals surface area (Å²) >= 11 is 6.00. The maximum atomic E-state index is 6.00. The number of nitrogens with one attached hydrogen (secondary N) is 2. The van der Waals surface area contributed by atoms with Crippen molar-refractivity contribution in [2.75, 3.05) is 36.2 Å². The van der Waals surface area contributed by atoms with Gasteiger partial charge in [-0.15, -0.1) is 5.10 Å². The molecule has 0 atom stereocenters. The SMILES string of the molecule is CN(C)c1ccc(Nc2cnnc(NCCc3cccc(Cl)c3)n2)cc1. The zero-order valence-electron chi connectivity index (χ0n) is 14.8. The monoisotopic (exact) mass is 368 g/mol. The first-order valence-corrected chi connectivity index (χ1v) is 8.70. The second-order valence-electron chi connectivity index (χ2n) is 6.04. The minimum absolute atomic E-state index is 0.488. The predicted octanol–water partition coefficient (Wildman–Crippen LogP) is 3.99. The Morgan fingerprint density at radius 3 is 2.62 bits per heavy atom. The van der Waals surface area contributed by atoms with Crippen LogP contribution >= 0.6 is 11.6 Å². The molecule has 0 spiro atoms. The summed E-state index contributed by atoms with van der Waals surface area (Å²) in [6.45, 7) is 0.697. The summed E-state index contributed by atoms with van der Waals surface area (Å²) < 4.78 is 0. The van der Waals surface area contributed by atoms with Gasteiger partial charge in [-0.05, 0) is 48.4 Å². The summed E-state index contributed by atoms with van der Waals surface area (Å²) in [5.41, 5.74) is 3.24. The molecule has 134 valence electrons. The molecule has 0 aliphatic heterocycles. The van der Waals surface area contributed by atoms with Gasteiger partial charge in [-0.3, -0.25) is 0 Å². The van der Waals surface area contributed by atoms with E-state index in [1.807, 2.05) is 62.6 Å². The van der Waals surface area contributed by atoms with Crippen molar-refractivity contribution in [1.29, 1.82) is 0 Å². The van der Waals surface area contributed by atoms with Crippen molar-refractivity contribution in [2.45, 2.75) is 6.42 Å². The van der Waals surface area contributed by atoms with Crippen molar-refractivity contribution in [3.63, 3.8) is 0 Å². The lowest BCUT2D eigenvalue weighted by Gasteiger charge is -2.13. The molecule has 0 bridgehead atoms. The average molecular weight is 369 g/mol. The van der Waals surface area contributed by atoms with Crippen LogP contribution < -0.4 is 15.5 Å². The first-order chi connectivity index (χ1) is 12.6. The Labute approximate surface area is 158 Å². The van der Waals surface area contributed by atoms with Crippen LogP contribution in [0.5, 0.6) is 0 Å². The Kier molecular flexibility index (Phi) is 5.86. The minimum atomic E-state index is 0.488. The summed E-state index contributed by atoms with van der Waals surface area (Å²) in [4.78, 5) is 6.50. The van der Waals surface area contributed by atoms with E-state index in [4.69, 9.17) is 11.6 Å². The smallest absolute Gasteiger partial charge is 0.244 e. The standard InChI is InChI=1S/C19H21ClN6/c1-26(2)17-8-6-16(7-9-17)23-18-13-22-25-19(24-18)21-11-10-14-4-3-5-15(20)12-14/h3-9,12-13H,10-11H2,1-2H3,(H2,21,23,24,25). The molecule has 1 heterocycles. The molecule has 0 unspecified atom stereocenters. The zero-order valence-corrected chi connectivity index (χ0v) is 15.5. The van der Waals surface area contributed by atoms with E-state index in [1.54, 1.807) is 6.20 Å². The molecule has 0 aliphatic rings. The highest BCUT2D eigenvalue weighted by Gasteiger charge is 2.02. The summed E-state index contributed by atoms with van der Waals surface area (Å²) in [6, 6.07) is 15.9. The van der Waals surface area contributed by atoms with Gasteiger partial charge in [0.2, 0.25) is 5.95 Å². The second kappa shape index (κ2) is 8.49. The van der Waals surface area contributed by atoms with E-state index in [-0.39, 0.29) is 0 Å². The van der Waals surface area contributed by atoms with Gasteiger partial charge in [0, 0.05) is 37.0 Å². The first kappa shape index (κ1) is 17.9. The van der Waals surface area contributed by atoms with E-state index in [0.717, 1.165) is 28.4 Å². The van der Waals surface area contributed by atoms with Crippen molar-refractivity contribution in [3.8, 4) is 0 Å². The van der Waals surface area contributed by atoms with Crippen molar-refractivity contribution >= 4 is 34.7 Å². The van der Waals surface area contributed by atoms with Crippen LogP contribution in [0.25, 0.3) is 0 Å². The van der Waals surface area contributed by atoms with Crippen LogP contribution in [0.2, 0.25) is 5.02 Å². The van der Waals surface area contributed by atoms with E-state index < -0.39 is 0 Å². The third kappa shape index (κ3) is 5.07. The van der Waals surface area contributed by atoms with E-state index in [2.05, 4.69) is 30.7 Å². The average Bonchev–Trinajstić information content (AvgIpc) is 2.63. The molecule has 0 saturated heterocycles. The fourth-order valence-corrected chi connectivity index (χ4v) is 2.65. The molecule has 1 aromatic heterocycles. The number of aromatic nitrogens is 3. The van der Waals surface area contributed by atoms with Gasteiger partial charge in [0.25, 0.3) is 0 Å². The minimum Gasteiger partial charge on any atom is -0.378 e. The molecule has 2 N–H and O–H groups in total. The highest BCUT2D eigenvalue weighted by Crippen LogP contribution is 2.19. The maximum absolute atomic E-state index is 6.00. The zero-order chi connectivity index (χ0) is 18.4. The number of hydrogen-bond donors (Lipinski definition) is 2. The summed E-state index contributed by atoms with van der Waals surface area (Å²) in [7, 11) is 4.02. The molecular weight excluding hydrogens is 348 g/mol. The largest absolute Gasteiger partial charge is 0.378 e. The molecule has 2 aromatic carbocycles. The van der Waals surface area contributed by atoms with Crippen molar-refractivity contribution in [2.24, 2.45) is 0 Å². The second-order valence-corrected chi connectivity index (χ2v) is 6.47. The molecule has 7 heteroatoms. The fraction of sp³-hybridized carbons (Fsp3) is 0.211. The number of halogens is 1. The molecule has 3 rings (SSSR count). The van der Waals surface area contributed by atoms with E-state index in [0.29, 0.717) is 18.3 Å². The highest BCUT2D eigenvalue weighted by molar-refractivity contribution is 6.30. The molecule has 0 radical (unpaired) electrons. The first-order valence-electron chi connectivity index (χ1n) is 8.32. The van der Waals surface area contributed by atoms with Gasteiger partial charge < -0.3 is 15.5 Å². The third-order valence-corrected chi connectivity index (χ3v) is 4.04. The fourth-order valence-electron chi connectivity index (χ4n) is 2.44. The van der Waals surface area contributed by atoms with Crippen molar-refractivity contribution in [3.05, 3.63) is 65.3 Å². The third-order valence-electron chi connectivity index (χ3n) is 3.80. The Balaban J connectivity index is 1.57. The van der Waals surface area contributed by atoms with Crippen LogP contribution in [0.15, 0.2) is 54.7 Å². The molecule has 3 aromatic rings. The molecule has 0 aliphatic carbocycles. The maximum Gasteiger partial charge on any atom is 0.244 e. The molecule has 26 heavy (non-hydrogen) atoms. The normalized spacial score (nSPS) is 10.4. The van der Waals surface area contributed by atoms with Gasteiger partial charge in [-0.25, -0.2) is 0 Å². The van der Waals surface area contributed by atoms with Gasteiger partial charge in [-0.2, -0.15) is 10.1 Å². The Morgan fingerprint density at radius 1 is 1.08 bits per heavy atom. The molecule has 0 amide bonds. The highest BCUT2D eigenvalue weighted by atomic mass is 35.5. The van der Waals surface area contributed by atoms with E-state index >= 15 is 0 Å². The number of hydrogen-bond acceptors (Lipinski definition) is 6. The number of anilines is 4. The lowest BCUT2D eigenvalue weighted by molar-refractivity contribution is 0.929. The van der Waals surface area contributed by atoms with Crippen LogP contribution in [-0.4, -0.2) is 35.8 Å². The van der Waals surface area contributed by atoms with Crippen molar-refractivity contribution < 1.29 is 0 Å². The Morgan fingerprint density at radius 2 is 1.88 bits per heavy atom. The lowest BCUT2D eigenvalue weighted by Crippen LogP contribution is -2.10. The van der Waals surface area contributed by atoms with E-state index in [1.165, 1.54) is 0 Å². The number of rotatable bonds is 7. The van der Waals surface area contributed by atoms with Crippen LogP contribution in [0, 0.1) is 0 Å². The molecule has 6 nitrogen and oxygen atoms in total. The number of nitrogens with zero attached hydrogens (tertiary/aromatic N) is 4. The van der Waals surface area contributed by atoms with Gasteiger partial charge in [0.1, 0.15) is 0 Å². The van der Waals surface area contributed by atoms with Crippen molar-refractivity contribution in [1.82, 2.24) is 15.2 Å².